The molecule has 3 N–H and O–H groups in total. The summed E-state index contributed by atoms with van der Waals surface area (Å²) >= 11 is 0. The number of fused-ring (bicyclic) bond motifs is 1. The van der Waals surface area contributed by atoms with Crippen LogP contribution in [0.5, 0.6) is 0 Å². The van der Waals surface area contributed by atoms with Crippen molar-refractivity contribution in [2.75, 3.05) is 12.4 Å². The molecular weight excluding hydrogens is 260 g/mol. The van der Waals surface area contributed by atoms with Crippen LogP contribution in [-0.4, -0.2) is 42.9 Å². The number of aryl methyl sites for hydroxylation is 1. The first kappa shape index (κ1) is 12.1. The fourth-order valence-corrected chi connectivity index (χ4v) is 1.86. The minimum Gasteiger partial charge on any atom is -0.354 e. The Morgan fingerprint density at radius 1 is 1.40 bits per heavy atom. The molecule has 0 radical (unpaired) electrons. The maximum absolute atomic E-state index is 11.8. The zero-order chi connectivity index (χ0) is 14.1. The van der Waals surface area contributed by atoms with Crippen molar-refractivity contribution in [3.8, 4) is 0 Å². The molecule has 9 heteroatoms. The van der Waals surface area contributed by atoms with Crippen molar-refractivity contribution in [1.29, 1.82) is 0 Å². The van der Waals surface area contributed by atoms with Gasteiger partial charge in [-0.1, -0.05) is 0 Å². The Morgan fingerprint density at radius 2 is 2.25 bits per heavy atom. The number of amides is 1. The van der Waals surface area contributed by atoms with E-state index in [9.17, 15) is 4.79 Å². The fourth-order valence-electron chi connectivity index (χ4n) is 1.86. The maximum Gasteiger partial charge on any atom is 0.273 e. The quantitative estimate of drug-likeness (QED) is 0.627. The first-order valence-electron chi connectivity index (χ1n) is 5.86. The van der Waals surface area contributed by atoms with E-state index >= 15 is 0 Å². The van der Waals surface area contributed by atoms with Gasteiger partial charge in [0.1, 0.15) is 12.1 Å². The topological polar surface area (TPSA) is 113 Å². The van der Waals surface area contributed by atoms with Crippen molar-refractivity contribution in [3.05, 3.63) is 24.4 Å². The third kappa shape index (κ3) is 1.94. The zero-order valence-electron chi connectivity index (χ0n) is 10.9. The van der Waals surface area contributed by atoms with E-state index in [0.717, 1.165) is 5.39 Å². The molecule has 0 aliphatic rings. The molecule has 0 fully saturated rings. The van der Waals surface area contributed by atoms with Gasteiger partial charge in [-0.3, -0.25) is 14.6 Å². The molecule has 0 saturated carbocycles. The van der Waals surface area contributed by atoms with Gasteiger partial charge < -0.3 is 10.6 Å². The van der Waals surface area contributed by atoms with E-state index in [4.69, 9.17) is 0 Å². The van der Waals surface area contributed by atoms with Crippen molar-refractivity contribution in [2.24, 2.45) is 7.05 Å². The second-order valence-corrected chi connectivity index (χ2v) is 4.12. The van der Waals surface area contributed by atoms with Gasteiger partial charge in [0, 0.05) is 20.3 Å². The molecule has 3 rings (SSSR count). The average Bonchev–Trinajstić information content (AvgIpc) is 3.05. The van der Waals surface area contributed by atoms with Crippen LogP contribution in [0.4, 0.5) is 11.5 Å². The maximum atomic E-state index is 11.8. The van der Waals surface area contributed by atoms with E-state index in [0.29, 0.717) is 22.8 Å². The zero-order valence-corrected chi connectivity index (χ0v) is 10.9. The molecule has 0 atom stereocenters. The SMILES string of the molecule is CNC(=O)c1nn(C)cc1Nc1ncnc2[nH]ncc12. The van der Waals surface area contributed by atoms with Crippen LogP contribution < -0.4 is 10.6 Å². The molecule has 3 heterocycles. The highest BCUT2D eigenvalue weighted by molar-refractivity contribution is 5.99. The van der Waals surface area contributed by atoms with Gasteiger partial charge in [0.15, 0.2) is 11.3 Å². The molecule has 9 nitrogen and oxygen atoms in total. The van der Waals surface area contributed by atoms with E-state index in [2.05, 4.69) is 35.9 Å². The molecule has 0 unspecified atom stereocenters. The number of hydrogen-bond acceptors (Lipinski definition) is 6. The van der Waals surface area contributed by atoms with Crippen LogP contribution in [0.3, 0.4) is 0 Å². The Bertz CT molecular complexity index is 774. The fraction of sp³-hybridized carbons (Fsp3) is 0.182. The van der Waals surface area contributed by atoms with Gasteiger partial charge in [0.2, 0.25) is 0 Å². The first-order valence-corrected chi connectivity index (χ1v) is 5.86. The highest BCUT2D eigenvalue weighted by Crippen LogP contribution is 2.23. The molecule has 3 aromatic heterocycles. The molecule has 0 aliphatic carbocycles. The molecule has 1 amide bonds. The highest BCUT2D eigenvalue weighted by Gasteiger charge is 2.16. The predicted molar refractivity (Wildman–Crippen MR) is 71.6 cm³/mol. The first-order chi connectivity index (χ1) is 9.69. The summed E-state index contributed by atoms with van der Waals surface area (Å²) in [5, 5.41) is 17.2. The van der Waals surface area contributed by atoms with Crippen molar-refractivity contribution < 1.29 is 4.79 Å². The third-order valence-corrected chi connectivity index (χ3v) is 2.77. The van der Waals surface area contributed by atoms with E-state index < -0.39 is 0 Å². The second kappa shape index (κ2) is 4.61. The van der Waals surface area contributed by atoms with Crippen LogP contribution >= 0.6 is 0 Å². The van der Waals surface area contributed by atoms with Gasteiger partial charge in [0.25, 0.3) is 5.91 Å². The molecule has 0 spiro atoms. The molecule has 0 bridgehead atoms. The highest BCUT2D eigenvalue weighted by atomic mass is 16.1. The average molecular weight is 272 g/mol. The second-order valence-electron chi connectivity index (χ2n) is 4.12. The number of aromatic amines is 1. The summed E-state index contributed by atoms with van der Waals surface area (Å²) in [7, 11) is 3.30. The van der Waals surface area contributed by atoms with Gasteiger partial charge in [-0.2, -0.15) is 10.2 Å². The summed E-state index contributed by atoms with van der Waals surface area (Å²) in [5.74, 6) is 0.285. The summed E-state index contributed by atoms with van der Waals surface area (Å²) in [6, 6.07) is 0. The van der Waals surface area contributed by atoms with Crippen LogP contribution in [0.25, 0.3) is 11.0 Å². The summed E-state index contributed by atoms with van der Waals surface area (Å²) < 4.78 is 1.56. The number of rotatable bonds is 3. The molecule has 0 saturated heterocycles. The van der Waals surface area contributed by atoms with Gasteiger partial charge >= 0.3 is 0 Å². The van der Waals surface area contributed by atoms with Gasteiger partial charge in [-0.25, -0.2) is 9.97 Å². The lowest BCUT2D eigenvalue weighted by molar-refractivity contribution is 0.0958. The van der Waals surface area contributed by atoms with Crippen LogP contribution in [0.1, 0.15) is 10.5 Å². The normalized spacial score (nSPS) is 10.7. The Morgan fingerprint density at radius 3 is 3.05 bits per heavy atom. The Labute approximate surface area is 113 Å². The van der Waals surface area contributed by atoms with Crippen LogP contribution in [0.15, 0.2) is 18.7 Å². The number of anilines is 2. The third-order valence-electron chi connectivity index (χ3n) is 2.77. The minimum atomic E-state index is -0.273. The number of nitrogens with zero attached hydrogens (tertiary/aromatic N) is 5. The van der Waals surface area contributed by atoms with E-state index in [1.165, 1.54) is 6.33 Å². The van der Waals surface area contributed by atoms with Gasteiger partial charge in [-0.15, -0.1) is 0 Å². The smallest absolute Gasteiger partial charge is 0.273 e. The molecule has 0 aliphatic heterocycles. The van der Waals surface area contributed by atoms with Crippen LogP contribution in [0, 0.1) is 0 Å². The number of carbonyl (C=O) groups excluding carboxylic acids is 1. The Kier molecular flexibility index (Phi) is 2.78. The summed E-state index contributed by atoms with van der Waals surface area (Å²) in [6.07, 6.45) is 4.74. The van der Waals surface area contributed by atoms with Gasteiger partial charge in [0.05, 0.1) is 17.3 Å². The summed E-state index contributed by atoms with van der Waals surface area (Å²) in [5.41, 5.74) is 1.48. The van der Waals surface area contributed by atoms with Crippen molar-refractivity contribution >= 4 is 28.4 Å². The monoisotopic (exact) mass is 272 g/mol. The van der Waals surface area contributed by atoms with Crippen molar-refractivity contribution in [3.63, 3.8) is 0 Å². The lowest BCUT2D eigenvalue weighted by Crippen LogP contribution is -2.19. The largest absolute Gasteiger partial charge is 0.354 e. The van der Waals surface area contributed by atoms with Crippen molar-refractivity contribution in [2.45, 2.75) is 0 Å². The van der Waals surface area contributed by atoms with E-state index in [1.807, 2.05) is 0 Å². The Balaban J connectivity index is 2.03. The van der Waals surface area contributed by atoms with Crippen LogP contribution in [-0.2, 0) is 7.05 Å². The molecule has 20 heavy (non-hydrogen) atoms. The lowest BCUT2D eigenvalue weighted by atomic mass is 10.3. The molecule has 3 aromatic rings. The predicted octanol–water partition coefficient (Wildman–Crippen LogP) is 0.190. The minimum absolute atomic E-state index is 0.273. The number of nitrogens with one attached hydrogen (secondary N) is 3. The lowest BCUT2D eigenvalue weighted by Gasteiger charge is -2.05. The number of aromatic nitrogens is 6. The van der Waals surface area contributed by atoms with E-state index in [1.54, 1.807) is 31.2 Å². The van der Waals surface area contributed by atoms with E-state index in [-0.39, 0.29) is 5.91 Å². The number of H-pyrrole nitrogens is 1. The molecular formula is C11H12N8O. The summed E-state index contributed by atoms with van der Waals surface area (Å²) in [4.78, 5) is 20.0. The van der Waals surface area contributed by atoms with Gasteiger partial charge in [-0.05, 0) is 0 Å². The summed E-state index contributed by atoms with van der Waals surface area (Å²) in [6.45, 7) is 0. The number of carbonyl (C=O) groups is 1. The molecule has 102 valence electrons. The standard InChI is InChI=1S/C11H12N8O/c1-12-11(20)8-7(4-19(2)18-8)16-9-6-3-15-17-10(6)14-5-13-9/h3-5H,1-2H3,(H,12,20)(H2,13,14,15,16,17). The Hall–Kier alpha value is -2.97. The van der Waals surface area contributed by atoms with Crippen molar-refractivity contribution in [1.82, 2.24) is 35.3 Å². The van der Waals surface area contributed by atoms with Crippen LogP contribution in [0.2, 0.25) is 0 Å². The number of hydrogen-bond donors (Lipinski definition) is 3. The molecule has 0 aromatic carbocycles.